The van der Waals surface area contributed by atoms with Gasteiger partial charge < -0.3 is 0 Å². The molecule has 0 aliphatic heterocycles. The van der Waals surface area contributed by atoms with Gasteiger partial charge in [0.05, 0.1) is 0 Å². The lowest BCUT2D eigenvalue weighted by Gasteiger charge is -2.58. The molecule has 3 saturated carbocycles. The first-order valence-corrected chi connectivity index (χ1v) is 13.0. The number of rotatable bonds is 5. The van der Waals surface area contributed by atoms with Crippen molar-refractivity contribution in [3.63, 3.8) is 0 Å². The molecule has 4 aliphatic carbocycles. The minimum Gasteiger partial charge on any atom is -0.0903 e. The Kier molecular flexibility index (Phi) is 5.41. The van der Waals surface area contributed by atoms with Crippen molar-refractivity contribution in [2.75, 3.05) is 6.16 Å². The Hall–Kier alpha value is 0.170. The fraction of sp³-hybridized carbons (Fsp3) is 0.917. The molecule has 0 aromatic heterocycles. The van der Waals surface area contributed by atoms with E-state index in [4.69, 9.17) is 0 Å². The van der Waals surface area contributed by atoms with Gasteiger partial charge in [0.1, 0.15) is 0 Å². The van der Waals surface area contributed by atoms with Crippen molar-refractivity contribution in [1.29, 1.82) is 0 Å². The Labute approximate surface area is 158 Å². The summed E-state index contributed by atoms with van der Waals surface area (Å²) in [6, 6.07) is 0. The summed E-state index contributed by atoms with van der Waals surface area (Å²) in [5.74, 6) is 3.09. The lowest BCUT2D eigenvalue weighted by Crippen LogP contribution is -2.46. The van der Waals surface area contributed by atoms with E-state index in [-0.39, 0.29) is 7.92 Å². The second kappa shape index (κ2) is 7.30. The molecule has 0 amide bonds. The first kappa shape index (κ1) is 18.5. The summed E-state index contributed by atoms with van der Waals surface area (Å²) < 4.78 is 0. The van der Waals surface area contributed by atoms with E-state index >= 15 is 0 Å². The van der Waals surface area contributed by atoms with Gasteiger partial charge in [-0.2, -0.15) is 0 Å². The fourth-order valence-electron chi connectivity index (χ4n) is 7.62. The molecule has 0 aromatic rings. The quantitative estimate of drug-likeness (QED) is 0.345. The van der Waals surface area contributed by atoms with Crippen LogP contribution in [0.5, 0.6) is 0 Å². The predicted molar refractivity (Wildman–Crippen MR) is 113 cm³/mol. The molecule has 0 aromatic carbocycles. The third-order valence-corrected chi connectivity index (χ3v) is 12.2. The average molecular weight is 361 g/mol. The molecule has 3 fully saturated rings. The van der Waals surface area contributed by atoms with Gasteiger partial charge in [-0.15, -0.1) is 0 Å². The highest BCUT2D eigenvalue weighted by Gasteiger charge is 2.52. The molecule has 0 heterocycles. The molecule has 4 rings (SSSR count). The molecule has 0 nitrogen and oxygen atoms in total. The summed E-state index contributed by atoms with van der Waals surface area (Å²) in [5, 5.41) is 1.32. The van der Waals surface area contributed by atoms with Crippen molar-refractivity contribution in [3.05, 3.63) is 11.6 Å². The largest absolute Gasteiger partial charge is 0.0903 e. The predicted octanol–water partition coefficient (Wildman–Crippen LogP) is 7.91. The second-order valence-corrected chi connectivity index (χ2v) is 13.8. The lowest BCUT2D eigenvalue weighted by atomic mass is 9.68. The van der Waals surface area contributed by atoms with Crippen LogP contribution in [0.15, 0.2) is 11.6 Å². The first-order chi connectivity index (χ1) is 12.0. The van der Waals surface area contributed by atoms with Gasteiger partial charge in [0.15, 0.2) is 0 Å². The molecule has 1 heteroatoms. The van der Waals surface area contributed by atoms with Gasteiger partial charge in [-0.25, -0.2) is 0 Å². The molecule has 0 saturated heterocycles. The fourth-order valence-corrected chi connectivity index (χ4v) is 12.6. The van der Waals surface area contributed by atoms with Gasteiger partial charge in [0.25, 0.3) is 0 Å². The lowest BCUT2D eigenvalue weighted by molar-refractivity contribution is 0.164. The molecule has 4 aliphatic rings. The van der Waals surface area contributed by atoms with Crippen LogP contribution in [0.1, 0.15) is 104 Å². The molecular formula is C24H41P. The van der Waals surface area contributed by atoms with Crippen molar-refractivity contribution in [2.45, 2.75) is 115 Å². The normalized spacial score (nSPS) is 44.9. The maximum atomic E-state index is 2.88. The van der Waals surface area contributed by atoms with E-state index in [9.17, 15) is 0 Å². The highest BCUT2D eigenvalue weighted by atomic mass is 31.1. The molecular weight excluding hydrogens is 319 g/mol. The molecule has 142 valence electrons. The van der Waals surface area contributed by atoms with Crippen LogP contribution in [-0.2, 0) is 0 Å². The van der Waals surface area contributed by atoms with Gasteiger partial charge >= 0.3 is 0 Å². The van der Waals surface area contributed by atoms with E-state index in [2.05, 4.69) is 26.8 Å². The number of fused-ring (bicyclic) bond motifs is 4. The van der Waals surface area contributed by atoms with Crippen molar-refractivity contribution < 1.29 is 0 Å². The van der Waals surface area contributed by atoms with E-state index in [0.717, 1.165) is 22.9 Å². The highest BCUT2D eigenvalue weighted by molar-refractivity contribution is 7.61. The Morgan fingerprint density at radius 3 is 2.76 bits per heavy atom. The third-order valence-electron chi connectivity index (χ3n) is 8.19. The van der Waals surface area contributed by atoms with Crippen LogP contribution in [0, 0.1) is 17.8 Å². The van der Waals surface area contributed by atoms with Crippen LogP contribution in [-0.4, -0.2) is 16.5 Å². The van der Waals surface area contributed by atoms with E-state index < -0.39 is 0 Å². The van der Waals surface area contributed by atoms with Gasteiger partial charge in [-0.1, -0.05) is 59.6 Å². The van der Waals surface area contributed by atoms with Gasteiger partial charge in [-0.05, 0) is 93.3 Å². The summed E-state index contributed by atoms with van der Waals surface area (Å²) in [4.78, 5) is 0. The molecule has 6 unspecified atom stereocenters. The van der Waals surface area contributed by atoms with Gasteiger partial charge in [-0.3, -0.25) is 0 Å². The minimum atomic E-state index is 0.127. The van der Waals surface area contributed by atoms with Crippen LogP contribution in [0.25, 0.3) is 0 Å². The standard InChI is InChI=1S/C24H41P/c1-4-5-12-25(23(3)16-21-8-6-9-22(14-21)17-23)24-11-7-10-20(18-24)13-19(2)15-24/h16,19-20,22H,4-15,17-18H2,1-3H3. The Morgan fingerprint density at radius 2 is 1.96 bits per heavy atom. The second-order valence-electron chi connectivity index (χ2n) is 10.6. The zero-order valence-electron chi connectivity index (χ0n) is 17.2. The van der Waals surface area contributed by atoms with Crippen molar-refractivity contribution in [3.8, 4) is 0 Å². The zero-order valence-corrected chi connectivity index (χ0v) is 18.1. The van der Waals surface area contributed by atoms with E-state index in [1.807, 2.05) is 5.57 Å². The Morgan fingerprint density at radius 1 is 1.12 bits per heavy atom. The third kappa shape index (κ3) is 3.63. The van der Waals surface area contributed by atoms with Crippen molar-refractivity contribution in [1.82, 2.24) is 0 Å². The SMILES string of the molecule is CCCCP(C1(C)C=C2CCCC(C2)C1)C12CCCC(CC(C)C1)C2. The summed E-state index contributed by atoms with van der Waals surface area (Å²) in [5.41, 5.74) is 1.86. The number of allylic oxidation sites excluding steroid dienone is 2. The summed E-state index contributed by atoms with van der Waals surface area (Å²) in [6.07, 6.45) is 24.1. The average Bonchev–Trinajstić information content (AvgIpc) is 2.53. The maximum absolute atomic E-state index is 2.88. The number of unbranched alkanes of at least 4 members (excludes halogenated alkanes) is 1. The summed E-state index contributed by atoms with van der Waals surface area (Å²) >= 11 is 0. The van der Waals surface area contributed by atoms with E-state index in [1.165, 1.54) is 44.9 Å². The maximum Gasteiger partial charge on any atom is 0.00659 e. The molecule has 0 N–H and O–H groups in total. The monoisotopic (exact) mass is 360 g/mol. The summed E-state index contributed by atoms with van der Waals surface area (Å²) in [7, 11) is 0.127. The Bertz CT molecular complexity index is 504. The van der Waals surface area contributed by atoms with Crippen LogP contribution in [0.4, 0.5) is 0 Å². The van der Waals surface area contributed by atoms with Gasteiger partial charge in [0.2, 0.25) is 0 Å². The minimum absolute atomic E-state index is 0.127. The molecule has 4 bridgehead atoms. The van der Waals surface area contributed by atoms with Crippen molar-refractivity contribution in [2.24, 2.45) is 17.8 Å². The highest BCUT2D eigenvalue weighted by Crippen LogP contribution is 2.72. The van der Waals surface area contributed by atoms with Gasteiger partial charge in [0, 0.05) is 5.16 Å². The van der Waals surface area contributed by atoms with E-state index in [1.54, 1.807) is 44.7 Å². The number of hydrogen-bond acceptors (Lipinski definition) is 0. The molecule has 0 radical (unpaired) electrons. The Balaban J connectivity index is 1.67. The van der Waals surface area contributed by atoms with E-state index in [0.29, 0.717) is 5.16 Å². The van der Waals surface area contributed by atoms with Crippen LogP contribution in [0.3, 0.4) is 0 Å². The zero-order chi connectivity index (χ0) is 17.5. The topological polar surface area (TPSA) is 0 Å². The summed E-state index contributed by atoms with van der Waals surface area (Å²) in [6.45, 7) is 7.72. The van der Waals surface area contributed by atoms with Crippen LogP contribution < -0.4 is 0 Å². The molecule has 0 spiro atoms. The van der Waals surface area contributed by atoms with Crippen LogP contribution >= 0.6 is 7.92 Å². The van der Waals surface area contributed by atoms with Crippen molar-refractivity contribution >= 4 is 7.92 Å². The smallest absolute Gasteiger partial charge is 0.00659 e. The molecule has 25 heavy (non-hydrogen) atoms. The molecule has 6 atom stereocenters. The van der Waals surface area contributed by atoms with Crippen LogP contribution in [0.2, 0.25) is 0 Å². The number of hydrogen-bond donors (Lipinski definition) is 0. The first-order valence-electron chi connectivity index (χ1n) is 11.5.